The van der Waals surface area contributed by atoms with Gasteiger partial charge in [0.05, 0.1) is 19.3 Å². The number of carbonyl (C=O) groups is 1. The number of aliphatic hydroxyl groups is 1. The smallest absolute Gasteiger partial charge is 0.225 e. The molecule has 0 spiro atoms. The van der Waals surface area contributed by atoms with Crippen LogP contribution >= 0.6 is 0 Å². The number of carbonyl (C=O) groups excluding carboxylic acids is 1. The third-order valence-corrected chi connectivity index (χ3v) is 3.97. The lowest BCUT2D eigenvalue weighted by Gasteiger charge is -2.13. The second kappa shape index (κ2) is 6.71. The molecule has 5 heteroatoms. The van der Waals surface area contributed by atoms with Crippen LogP contribution in [-0.4, -0.2) is 22.2 Å². The molecule has 0 bridgehead atoms. The first-order valence-electron chi connectivity index (χ1n) is 7.73. The summed E-state index contributed by atoms with van der Waals surface area (Å²) in [4.78, 5) is 12.3. The van der Waals surface area contributed by atoms with E-state index >= 15 is 0 Å². The van der Waals surface area contributed by atoms with Crippen LogP contribution in [0.1, 0.15) is 24.3 Å². The summed E-state index contributed by atoms with van der Waals surface area (Å²) in [5.74, 6) is 0.413. The molecular weight excluding hydrogens is 292 g/mol. The average molecular weight is 312 g/mol. The van der Waals surface area contributed by atoms with Gasteiger partial charge in [-0.05, 0) is 30.7 Å². The number of hydrogen-bond acceptors (Lipinski definition) is 3. The van der Waals surface area contributed by atoms with Crippen LogP contribution in [0.2, 0.25) is 0 Å². The van der Waals surface area contributed by atoms with E-state index in [4.69, 9.17) is 4.42 Å². The third kappa shape index (κ3) is 3.14. The fraction of sp³-hybridized carbons (Fsp3) is 0.278. The topological polar surface area (TPSA) is 67.4 Å². The van der Waals surface area contributed by atoms with Gasteiger partial charge >= 0.3 is 0 Å². The molecule has 2 aromatic heterocycles. The third-order valence-electron chi connectivity index (χ3n) is 3.97. The summed E-state index contributed by atoms with van der Waals surface area (Å²) in [5.41, 5.74) is 2.11. The van der Waals surface area contributed by atoms with Gasteiger partial charge in [0, 0.05) is 23.6 Å². The van der Waals surface area contributed by atoms with Crippen molar-refractivity contribution in [3.05, 3.63) is 60.2 Å². The van der Waals surface area contributed by atoms with Crippen LogP contribution in [0.15, 0.2) is 53.3 Å². The molecule has 0 saturated carbocycles. The molecule has 0 aliphatic carbocycles. The summed E-state index contributed by atoms with van der Waals surface area (Å²) >= 11 is 0. The van der Waals surface area contributed by atoms with Crippen molar-refractivity contribution in [2.45, 2.75) is 25.9 Å². The second-order valence-electron chi connectivity index (χ2n) is 5.45. The van der Waals surface area contributed by atoms with Crippen molar-refractivity contribution in [3.8, 4) is 0 Å². The fourth-order valence-electron chi connectivity index (χ4n) is 2.84. The van der Waals surface area contributed by atoms with Crippen molar-refractivity contribution in [1.82, 2.24) is 9.88 Å². The van der Waals surface area contributed by atoms with Crippen molar-refractivity contribution < 1.29 is 14.3 Å². The van der Waals surface area contributed by atoms with Crippen molar-refractivity contribution in [1.29, 1.82) is 0 Å². The van der Waals surface area contributed by atoms with Gasteiger partial charge in [0.15, 0.2) is 0 Å². The first-order chi connectivity index (χ1) is 11.2. The number of aliphatic hydroxyl groups excluding tert-OH is 1. The van der Waals surface area contributed by atoms with Gasteiger partial charge in [-0.2, -0.15) is 0 Å². The Hall–Kier alpha value is -2.53. The average Bonchev–Trinajstić information content (AvgIpc) is 3.21. The Kier molecular flexibility index (Phi) is 4.48. The fourth-order valence-corrected chi connectivity index (χ4v) is 2.84. The summed E-state index contributed by atoms with van der Waals surface area (Å²) in [7, 11) is 0. The number of aromatic nitrogens is 1. The minimum atomic E-state index is -0.517. The van der Waals surface area contributed by atoms with Crippen LogP contribution in [-0.2, 0) is 17.8 Å². The lowest BCUT2D eigenvalue weighted by molar-refractivity contribution is -0.121. The lowest BCUT2D eigenvalue weighted by atomic mass is 10.1. The largest absolute Gasteiger partial charge is 0.467 e. The number of fused-ring (bicyclic) bond motifs is 1. The van der Waals surface area contributed by atoms with Crippen LogP contribution in [0.25, 0.3) is 10.9 Å². The molecule has 1 atom stereocenters. The van der Waals surface area contributed by atoms with Gasteiger partial charge in [-0.1, -0.05) is 18.2 Å². The van der Waals surface area contributed by atoms with E-state index in [-0.39, 0.29) is 18.9 Å². The van der Waals surface area contributed by atoms with Crippen molar-refractivity contribution in [2.24, 2.45) is 0 Å². The summed E-state index contributed by atoms with van der Waals surface area (Å²) in [6.45, 7) is 2.73. The monoisotopic (exact) mass is 312 g/mol. The van der Waals surface area contributed by atoms with E-state index in [1.54, 1.807) is 12.1 Å². The molecule has 3 rings (SSSR count). The van der Waals surface area contributed by atoms with E-state index in [1.165, 1.54) is 6.26 Å². The quantitative estimate of drug-likeness (QED) is 0.735. The zero-order valence-corrected chi connectivity index (χ0v) is 13.0. The van der Waals surface area contributed by atoms with Gasteiger partial charge in [0.25, 0.3) is 0 Å². The first kappa shape index (κ1) is 15.4. The molecule has 23 heavy (non-hydrogen) atoms. The van der Waals surface area contributed by atoms with E-state index in [9.17, 15) is 9.90 Å². The molecule has 0 aliphatic rings. The Morgan fingerprint density at radius 2 is 2.13 bits per heavy atom. The van der Waals surface area contributed by atoms with Gasteiger partial charge in [-0.3, -0.25) is 4.79 Å². The maximum absolute atomic E-state index is 12.3. The highest BCUT2D eigenvalue weighted by atomic mass is 16.3. The summed E-state index contributed by atoms with van der Waals surface area (Å²) in [6, 6.07) is 11.0. The van der Waals surface area contributed by atoms with Crippen LogP contribution in [0.3, 0.4) is 0 Å². The van der Waals surface area contributed by atoms with E-state index in [0.717, 1.165) is 23.0 Å². The summed E-state index contributed by atoms with van der Waals surface area (Å²) in [6.07, 6.45) is 3.81. The van der Waals surface area contributed by atoms with Crippen LogP contribution in [0, 0.1) is 0 Å². The van der Waals surface area contributed by atoms with E-state index < -0.39 is 6.04 Å². The molecule has 0 radical (unpaired) electrons. The van der Waals surface area contributed by atoms with Crippen molar-refractivity contribution >= 4 is 16.8 Å². The van der Waals surface area contributed by atoms with E-state index in [1.807, 2.05) is 24.4 Å². The van der Waals surface area contributed by atoms with Crippen LogP contribution in [0.4, 0.5) is 0 Å². The number of rotatable bonds is 6. The molecule has 1 unspecified atom stereocenters. The highest BCUT2D eigenvalue weighted by molar-refractivity contribution is 5.89. The molecule has 2 N–H and O–H groups in total. The Morgan fingerprint density at radius 3 is 2.83 bits per heavy atom. The first-order valence-corrected chi connectivity index (χ1v) is 7.73. The number of amides is 1. The molecule has 0 fully saturated rings. The highest BCUT2D eigenvalue weighted by Crippen LogP contribution is 2.22. The van der Waals surface area contributed by atoms with Gasteiger partial charge < -0.3 is 19.4 Å². The Bertz CT molecular complexity index is 790. The Balaban J connectivity index is 1.78. The zero-order valence-electron chi connectivity index (χ0n) is 13.0. The predicted molar refractivity (Wildman–Crippen MR) is 88.0 cm³/mol. The molecule has 2 heterocycles. The lowest BCUT2D eigenvalue weighted by Crippen LogP contribution is -2.31. The number of benzene rings is 1. The van der Waals surface area contributed by atoms with Gasteiger partial charge in [-0.25, -0.2) is 0 Å². The number of aryl methyl sites for hydroxylation is 1. The number of nitrogens with zero attached hydrogens (tertiary/aromatic N) is 1. The van der Waals surface area contributed by atoms with Crippen LogP contribution < -0.4 is 5.32 Å². The maximum Gasteiger partial charge on any atom is 0.225 e. The molecular formula is C18H20N2O3. The minimum absolute atomic E-state index is 0.139. The molecule has 0 saturated heterocycles. The van der Waals surface area contributed by atoms with E-state index in [2.05, 4.69) is 22.9 Å². The molecule has 3 aromatic rings. The number of para-hydroxylation sites is 1. The summed E-state index contributed by atoms with van der Waals surface area (Å²) in [5, 5.41) is 13.4. The molecule has 120 valence electrons. The normalized spacial score (nSPS) is 12.4. The number of furan rings is 1. The van der Waals surface area contributed by atoms with Gasteiger partial charge in [-0.15, -0.1) is 0 Å². The minimum Gasteiger partial charge on any atom is -0.467 e. The second-order valence-corrected chi connectivity index (χ2v) is 5.45. The van der Waals surface area contributed by atoms with Gasteiger partial charge in [0.1, 0.15) is 11.8 Å². The maximum atomic E-state index is 12.3. The molecule has 1 aromatic carbocycles. The van der Waals surface area contributed by atoms with Crippen molar-refractivity contribution in [2.75, 3.05) is 6.61 Å². The molecule has 5 nitrogen and oxygen atoms in total. The number of hydrogen-bond donors (Lipinski definition) is 2. The number of nitrogens with one attached hydrogen (secondary N) is 1. The van der Waals surface area contributed by atoms with E-state index in [0.29, 0.717) is 5.76 Å². The Labute approximate surface area is 134 Å². The van der Waals surface area contributed by atoms with Gasteiger partial charge in [0.2, 0.25) is 5.91 Å². The predicted octanol–water partition coefficient (Wildman–Crippen LogP) is 2.65. The zero-order chi connectivity index (χ0) is 16.2. The summed E-state index contributed by atoms with van der Waals surface area (Å²) < 4.78 is 7.38. The van der Waals surface area contributed by atoms with Crippen molar-refractivity contribution in [3.63, 3.8) is 0 Å². The SMILES string of the molecule is CCn1cc(CC(=O)NC(CO)c2ccco2)c2ccccc21. The standard InChI is InChI=1S/C18H20N2O3/c1-2-20-11-13(14-6-3-4-7-16(14)20)10-18(22)19-15(12-21)17-8-5-9-23-17/h3-9,11,15,21H,2,10,12H2,1H3,(H,19,22). The molecule has 0 aliphatic heterocycles. The Morgan fingerprint density at radius 1 is 1.30 bits per heavy atom. The molecule has 1 amide bonds. The highest BCUT2D eigenvalue weighted by Gasteiger charge is 2.17. The van der Waals surface area contributed by atoms with Crippen LogP contribution in [0.5, 0.6) is 0 Å².